The molecule has 8 heteroatoms. The molecule has 0 unspecified atom stereocenters. The number of hydrogen-bond acceptors (Lipinski definition) is 5. The molecule has 0 aliphatic carbocycles. The molecule has 0 saturated carbocycles. The summed E-state index contributed by atoms with van der Waals surface area (Å²) in [5.74, 6) is 1.04. The lowest BCUT2D eigenvalue weighted by Gasteiger charge is -2.31. The van der Waals surface area contributed by atoms with E-state index in [0.29, 0.717) is 30.2 Å². The number of methoxy groups -OCH3 is 2. The van der Waals surface area contributed by atoms with Crippen LogP contribution in [-0.2, 0) is 22.6 Å². The first-order valence-corrected chi connectivity index (χ1v) is 13.4. The van der Waals surface area contributed by atoms with Crippen LogP contribution in [-0.4, -0.2) is 50.1 Å². The number of amides is 2. The molecule has 0 radical (unpaired) electrons. The van der Waals surface area contributed by atoms with E-state index < -0.39 is 6.04 Å². The molecular formula is C30H35BrN2O5. The van der Waals surface area contributed by atoms with Crippen molar-refractivity contribution in [2.45, 2.75) is 38.8 Å². The van der Waals surface area contributed by atoms with Gasteiger partial charge in [-0.2, -0.15) is 0 Å². The number of rotatable bonds is 14. The van der Waals surface area contributed by atoms with Crippen molar-refractivity contribution in [3.05, 3.63) is 88.4 Å². The Labute approximate surface area is 233 Å². The fraction of sp³-hybridized carbons (Fsp3) is 0.333. The molecule has 3 rings (SSSR count). The minimum atomic E-state index is -0.718. The lowest BCUT2D eigenvalue weighted by Crippen LogP contribution is -2.51. The molecule has 2 amide bonds. The van der Waals surface area contributed by atoms with Gasteiger partial charge >= 0.3 is 0 Å². The van der Waals surface area contributed by atoms with Crippen molar-refractivity contribution in [2.75, 3.05) is 27.4 Å². The van der Waals surface area contributed by atoms with Crippen molar-refractivity contribution in [2.24, 2.45) is 0 Å². The predicted molar refractivity (Wildman–Crippen MR) is 152 cm³/mol. The number of hydrogen-bond donors (Lipinski definition) is 1. The summed E-state index contributed by atoms with van der Waals surface area (Å²) in [6, 6.07) is 21.8. The van der Waals surface area contributed by atoms with Gasteiger partial charge in [0.25, 0.3) is 5.91 Å². The predicted octanol–water partition coefficient (Wildman–Crippen LogP) is 5.40. The third-order valence-electron chi connectivity index (χ3n) is 6.03. The second-order valence-corrected chi connectivity index (χ2v) is 9.75. The summed E-state index contributed by atoms with van der Waals surface area (Å²) in [7, 11) is 3.10. The fourth-order valence-corrected chi connectivity index (χ4v) is 4.43. The van der Waals surface area contributed by atoms with Crippen LogP contribution in [0.2, 0.25) is 0 Å². The molecular weight excluding hydrogens is 548 g/mol. The monoisotopic (exact) mass is 582 g/mol. The van der Waals surface area contributed by atoms with E-state index >= 15 is 0 Å². The van der Waals surface area contributed by atoms with E-state index in [9.17, 15) is 9.59 Å². The average molecular weight is 584 g/mol. The van der Waals surface area contributed by atoms with Crippen LogP contribution in [0.1, 0.15) is 30.9 Å². The van der Waals surface area contributed by atoms with Gasteiger partial charge in [-0.3, -0.25) is 9.59 Å². The first kappa shape index (κ1) is 29.0. The molecule has 0 aromatic heterocycles. The van der Waals surface area contributed by atoms with Gasteiger partial charge in [-0.25, -0.2) is 0 Å². The van der Waals surface area contributed by atoms with Crippen LogP contribution in [0, 0.1) is 0 Å². The highest BCUT2D eigenvalue weighted by Crippen LogP contribution is 2.27. The molecule has 0 fully saturated rings. The third-order valence-corrected chi connectivity index (χ3v) is 6.52. The zero-order chi connectivity index (χ0) is 27.3. The summed E-state index contributed by atoms with van der Waals surface area (Å²) in [6.45, 7) is 2.63. The molecule has 3 aromatic rings. The molecule has 0 aliphatic heterocycles. The van der Waals surface area contributed by atoms with E-state index in [2.05, 4.69) is 28.2 Å². The quantitative estimate of drug-likeness (QED) is 0.257. The summed E-state index contributed by atoms with van der Waals surface area (Å²) in [5, 5.41) is 3.02. The van der Waals surface area contributed by atoms with Gasteiger partial charge in [-0.05, 0) is 29.7 Å². The standard InChI is InChI=1S/C30H35BrN2O5/c1-4-5-14-32-30(35)28(16-22-10-7-6-8-11-22)33(20-23-12-9-13-24(31)15-23)29(34)21-38-27-18-25(36-2)17-26(19-27)37-3/h6-13,15,17-19,28H,4-5,14,16,20-21H2,1-3H3,(H,32,35)/t28-/m0/s1. The van der Waals surface area contributed by atoms with Gasteiger partial charge in [0, 0.05) is 42.2 Å². The Morgan fingerprint density at radius 1 is 0.895 bits per heavy atom. The van der Waals surface area contributed by atoms with E-state index in [1.165, 1.54) is 0 Å². The van der Waals surface area contributed by atoms with Crippen molar-refractivity contribution in [3.8, 4) is 17.2 Å². The summed E-state index contributed by atoms with van der Waals surface area (Å²) in [5.41, 5.74) is 1.86. The van der Waals surface area contributed by atoms with Gasteiger partial charge in [0.05, 0.1) is 14.2 Å². The number of nitrogens with zero attached hydrogens (tertiary/aromatic N) is 1. The number of ether oxygens (including phenoxy) is 3. The van der Waals surface area contributed by atoms with Crippen molar-refractivity contribution < 1.29 is 23.8 Å². The molecule has 1 atom stereocenters. The number of benzene rings is 3. The Kier molecular flexibility index (Phi) is 11.5. The molecule has 38 heavy (non-hydrogen) atoms. The highest BCUT2D eigenvalue weighted by atomic mass is 79.9. The highest BCUT2D eigenvalue weighted by Gasteiger charge is 2.30. The van der Waals surface area contributed by atoms with Gasteiger partial charge < -0.3 is 24.4 Å². The van der Waals surface area contributed by atoms with Crippen LogP contribution in [0.25, 0.3) is 0 Å². The van der Waals surface area contributed by atoms with Gasteiger partial charge in [-0.1, -0.05) is 71.7 Å². The molecule has 1 N–H and O–H groups in total. The van der Waals surface area contributed by atoms with E-state index in [1.807, 2.05) is 54.6 Å². The molecule has 0 bridgehead atoms. The highest BCUT2D eigenvalue weighted by molar-refractivity contribution is 9.10. The Hall–Kier alpha value is -3.52. The smallest absolute Gasteiger partial charge is 0.261 e. The zero-order valence-electron chi connectivity index (χ0n) is 22.1. The minimum absolute atomic E-state index is 0.186. The van der Waals surface area contributed by atoms with Gasteiger partial charge in [-0.15, -0.1) is 0 Å². The van der Waals surface area contributed by atoms with E-state index in [1.54, 1.807) is 37.3 Å². The summed E-state index contributed by atoms with van der Waals surface area (Å²) < 4.78 is 17.4. The second-order valence-electron chi connectivity index (χ2n) is 8.84. The topological polar surface area (TPSA) is 77.1 Å². The maximum Gasteiger partial charge on any atom is 0.261 e. The van der Waals surface area contributed by atoms with Crippen LogP contribution in [0.3, 0.4) is 0 Å². The molecule has 0 aliphatic rings. The summed E-state index contributed by atoms with van der Waals surface area (Å²) in [4.78, 5) is 28.8. The molecule has 0 heterocycles. The van der Waals surface area contributed by atoms with Crippen molar-refractivity contribution in [1.82, 2.24) is 10.2 Å². The van der Waals surface area contributed by atoms with Gasteiger partial charge in [0.1, 0.15) is 23.3 Å². The first-order valence-electron chi connectivity index (χ1n) is 12.6. The zero-order valence-corrected chi connectivity index (χ0v) is 23.7. The van der Waals surface area contributed by atoms with Crippen molar-refractivity contribution in [3.63, 3.8) is 0 Å². The second kappa shape index (κ2) is 15.0. The van der Waals surface area contributed by atoms with Crippen molar-refractivity contribution >= 4 is 27.7 Å². The number of halogens is 1. The molecule has 7 nitrogen and oxygen atoms in total. The normalized spacial score (nSPS) is 11.4. The van der Waals surface area contributed by atoms with Crippen LogP contribution in [0.15, 0.2) is 77.3 Å². The maximum atomic E-state index is 13.7. The van der Waals surface area contributed by atoms with Crippen LogP contribution < -0.4 is 19.5 Å². The SMILES string of the molecule is CCCCNC(=O)[C@H](Cc1ccccc1)N(Cc1cccc(Br)c1)C(=O)COc1cc(OC)cc(OC)c1. The van der Waals surface area contributed by atoms with Crippen LogP contribution in [0.4, 0.5) is 0 Å². The number of carbonyl (C=O) groups is 2. The maximum absolute atomic E-state index is 13.7. The van der Waals surface area contributed by atoms with E-state index in [-0.39, 0.29) is 25.0 Å². The number of carbonyl (C=O) groups excluding carboxylic acids is 2. The summed E-state index contributed by atoms with van der Waals surface area (Å²) >= 11 is 3.51. The summed E-state index contributed by atoms with van der Waals surface area (Å²) in [6.07, 6.45) is 2.21. The molecule has 0 saturated heterocycles. The molecule has 3 aromatic carbocycles. The van der Waals surface area contributed by atoms with Gasteiger partial charge in [0.2, 0.25) is 5.91 Å². The Balaban J connectivity index is 1.90. The largest absolute Gasteiger partial charge is 0.496 e. The van der Waals surface area contributed by atoms with Gasteiger partial charge in [0.15, 0.2) is 6.61 Å². The average Bonchev–Trinajstić information content (AvgIpc) is 2.94. The molecule has 0 spiro atoms. The van der Waals surface area contributed by atoms with Crippen molar-refractivity contribution in [1.29, 1.82) is 0 Å². The third kappa shape index (κ3) is 8.80. The van der Waals surface area contributed by atoms with Crippen LogP contribution >= 0.6 is 15.9 Å². The number of nitrogens with one attached hydrogen (secondary N) is 1. The Bertz CT molecular complexity index is 1170. The van der Waals surface area contributed by atoms with Crippen LogP contribution in [0.5, 0.6) is 17.2 Å². The number of unbranched alkanes of at least 4 members (excludes halogenated alkanes) is 1. The fourth-order valence-electron chi connectivity index (χ4n) is 3.98. The minimum Gasteiger partial charge on any atom is -0.496 e. The lowest BCUT2D eigenvalue weighted by molar-refractivity contribution is -0.142. The molecule has 202 valence electrons. The Morgan fingerprint density at radius 3 is 2.18 bits per heavy atom. The Morgan fingerprint density at radius 2 is 1.55 bits per heavy atom. The van der Waals surface area contributed by atoms with E-state index in [4.69, 9.17) is 14.2 Å². The van der Waals surface area contributed by atoms with E-state index in [0.717, 1.165) is 28.4 Å². The lowest BCUT2D eigenvalue weighted by atomic mass is 10.0. The first-order chi connectivity index (χ1) is 18.4.